The molecule has 2 aromatic rings. The molecule has 6 nitrogen and oxygen atoms in total. The summed E-state index contributed by atoms with van der Waals surface area (Å²) in [5.74, 6) is 1.06. The molecule has 0 unspecified atom stereocenters. The number of nitrogen functional groups attached to an aromatic ring is 1. The number of nitrogens with zero attached hydrogens (tertiary/aromatic N) is 2. The van der Waals surface area contributed by atoms with Gasteiger partial charge in [0.2, 0.25) is 0 Å². The number of anilines is 1. The van der Waals surface area contributed by atoms with Gasteiger partial charge in [-0.3, -0.25) is 0 Å². The number of hydrogen-bond acceptors (Lipinski definition) is 6. The summed E-state index contributed by atoms with van der Waals surface area (Å²) in [7, 11) is 1.33. The van der Waals surface area contributed by atoms with Crippen molar-refractivity contribution in [3.8, 4) is 17.1 Å². The average Bonchev–Trinajstić information content (AvgIpc) is 2.46. The molecule has 110 valence electrons. The van der Waals surface area contributed by atoms with Crippen molar-refractivity contribution >= 4 is 11.8 Å². The predicted octanol–water partition coefficient (Wildman–Crippen LogP) is 2.06. The van der Waals surface area contributed by atoms with E-state index in [1.165, 1.54) is 7.11 Å². The first-order chi connectivity index (χ1) is 9.92. The van der Waals surface area contributed by atoms with Gasteiger partial charge in [0.05, 0.1) is 7.11 Å². The highest BCUT2D eigenvalue weighted by atomic mass is 16.6. The number of carbonyl (C=O) groups excluding carboxylic acids is 1. The first kappa shape index (κ1) is 14.8. The number of aromatic nitrogens is 2. The van der Waals surface area contributed by atoms with Crippen LogP contribution in [0.25, 0.3) is 11.4 Å². The van der Waals surface area contributed by atoms with E-state index in [9.17, 15) is 4.79 Å². The Balaban J connectivity index is 2.18. The number of benzene rings is 1. The van der Waals surface area contributed by atoms with Gasteiger partial charge in [-0.1, -0.05) is 0 Å². The lowest BCUT2D eigenvalue weighted by atomic mass is 10.1. The van der Waals surface area contributed by atoms with Crippen LogP contribution in [0.15, 0.2) is 36.5 Å². The van der Waals surface area contributed by atoms with Gasteiger partial charge in [0, 0.05) is 11.8 Å². The third kappa shape index (κ3) is 3.47. The van der Waals surface area contributed by atoms with Crippen LogP contribution < -0.4 is 10.5 Å². The molecular formula is C15H17N3O3. The molecule has 0 saturated heterocycles. The van der Waals surface area contributed by atoms with Crippen LogP contribution in [0.3, 0.4) is 0 Å². The fraction of sp³-hybridized carbons (Fsp3) is 0.267. The van der Waals surface area contributed by atoms with Crippen molar-refractivity contribution in [2.75, 3.05) is 12.8 Å². The molecule has 0 fully saturated rings. The molecule has 0 aliphatic heterocycles. The Morgan fingerprint density at radius 1 is 1.19 bits per heavy atom. The fourth-order valence-electron chi connectivity index (χ4n) is 1.77. The van der Waals surface area contributed by atoms with Crippen LogP contribution in [-0.4, -0.2) is 28.6 Å². The Bertz CT molecular complexity index is 639. The number of rotatable bonds is 4. The second-order valence-corrected chi connectivity index (χ2v) is 4.93. The third-order valence-corrected chi connectivity index (χ3v) is 2.84. The van der Waals surface area contributed by atoms with E-state index in [-0.39, 0.29) is 0 Å². The SMILES string of the molecule is COC(=O)C(C)(C)Oc1ccc(-c2nccc(N)n2)cc1. The zero-order valence-corrected chi connectivity index (χ0v) is 12.2. The Morgan fingerprint density at radius 2 is 1.86 bits per heavy atom. The summed E-state index contributed by atoms with van der Waals surface area (Å²) < 4.78 is 10.3. The van der Waals surface area contributed by atoms with Crippen molar-refractivity contribution in [1.29, 1.82) is 0 Å². The minimum atomic E-state index is -1.05. The summed E-state index contributed by atoms with van der Waals surface area (Å²) in [5.41, 5.74) is 5.39. The van der Waals surface area contributed by atoms with Gasteiger partial charge in [-0.05, 0) is 44.2 Å². The highest BCUT2D eigenvalue weighted by Crippen LogP contribution is 2.23. The van der Waals surface area contributed by atoms with E-state index in [0.717, 1.165) is 5.56 Å². The normalized spacial score (nSPS) is 11.0. The lowest BCUT2D eigenvalue weighted by molar-refractivity contribution is -0.156. The summed E-state index contributed by atoms with van der Waals surface area (Å²) in [6.45, 7) is 3.29. The molecule has 0 radical (unpaired) electrons. The number of esters is 1. The zero-order chi connectivity index (χ0) is 15.5. The molecule has 6 heteroatoms. The van der Waals surface area contributed by atoms with E-state index in [4.69, 9.17) is 15.2 Å². The fourth-order valence-corrected chi connectivity index (χ4v) is 1.77. The molecule has 0 bridgehead atoms. The second-order valence-electron chi connectivity index (χ2n) is 4.93. The van der Waals surface area contributed by atoms with Crippen molar-refractivity contribution in [3.05, 3.63) is 36.5 Å². The van der Waals surface area contributed by atoms with E-state index >= 15 is 0 Å². The summed E-state index contributed by atoms with van der Waals surface area (Å²) in [6.07, 6.45) is 1.60. The molecular weight excluding hydrogens is 270 g/mol. The zero-order valence-electron chi connectivity index (χ0n) is 12.2. The maximum Gasteiger partial charge on any atom is 0.349 e. The van der Waals surface area contributed by atoms with Crippen LogP contribution in [0.1, 0.15) is 13.8 Å². The van der Waals surface area contributed by atoms with Crippen LogP contribution in [-0.2, 0) is 9.53 Å². The molecule has 0 saturated carbocycles. The van der Waals surface area contributed by atoms with E-state index < -0.39 is 11.6 Å². The van der Waals surface area contributed by atoms with Gasteiger partial charge in [0.15, 0.2) is 11.4 Å². The Morgan fingerprint density at radius 3 is 2.43 bits per heavy atom. The molecule has 0 spiro atoms. The van der Waals surface area contributed by atoms with E-state index in [1.54, 1.807) is 50.4 Å². The largest absolute Gasteiger partial charge is 0.476 e. The van der Waals surface area contributed by atoms with Crippen LogP contribution in [0.5, 0.6) is 5.75 Å². The van der Waals surface area contributed by atoms with E-state index in [2.05, 4.69) is 9.97 Å². The number of hydrogen-bond donors (Lipinski definition) is 1. The Kier molecular flexibility index (Phi) is 4.07. The smallest absolute Gasteiger partial charge is 0.349 e. The molecule has 21 heavy (non-hydrogen) atoms. The summed E-state index contributed by atoms with van der Waals surface area (Å²) in [6, 6.07) is 8.72. The van der Waals surface area contributed by atoms with Gasteiger partial charge in [-0.15, -0.1) is 0 Å². The summed E-state index contributed by atoms with van der Waals surface area (Å²) in [5, 5.41) is 0. The molecule has 1 aromatic heterocycles. The second kappa shape index (κ2) is 5.78. The van der Waals surface area contributed by atoms with Crippen molar-refractivity contribution in [3.63, 3.8) is 0 Å². The minimum Gasteiger partial charge on any atom is -0.476 e. The number of carbonyl (C=O) groups is 1. The Labute approximate surface area is 122 Å². The maximum absolute atomic E-state index is 11.6. The monoisotopic (exact) mass is 287 g/mol. The minimum absolute atomic E-state index is 0.409. The molecule has 0 amide bonds. The van der Waals surface area contributed by atoms with E-state index in [0.29, 0.717) is 17.4 Å². The van der Waals surface area contributed by atoms with Gasteiger partial charge >= 0.3 is 5.97 Å². The van der Waals surface area contributed by atoms with Crippen LogP contribution in [0.4, 0.5) is 5.82 Å². The van der Waals surface area contributed by atoms with Gasteiger partial charge in [-0.2, -0.15) is 0 Å². The maximum atomic E-state index is 11.6. The lowest BCUT2D eigenvalue weighted by Crippen LogP contribution is -2.39. The van der Waals surface area contributed by atoms with E-state index in [1.807, 2.05) is 0 Å². The molecule has 0 aliphatic rings. The molecule has 2 rings (SSSR count). The lowest BCUT2D eigenvalue weighted by Gasteiger charge is -2.23. The topological polar surface area (TPSA) is 87.3 Å². The van der Waals surface area contributed by atoms with Crippen molar-refractivity contribution < 1.29 is 14.3 Å². The van der Waals surface area contributed by atoms with Gasteiger partial charge in [-0.25, -0.2) is 14.8 Å². The number of methoxy groups -OCH3 is 1. The van der Waals surface area contributed by atoms with Crippen LogP contribution in [0.2, 0.25) is 0 Å². The number of nitrogens with two attached hydrogens (primary N) is 1. The molecule has 1 aromatic carbocycles. The Hall–Kier alpha value is -2.63. The average molecular weight is 287 g/mol. The third-order valence-electron chi connectivity index (χ3n) is 2.84. The van der Waals surface area contributed by atoms with Gasteiger partial charge < -0.3 is 15.2 Å². The first-order valence-corrected chi connectivity index (χ1v) is 6.39. The molecule has 1 heterocycles. The van der Waals surface area contributed by atoms with Crippen molar-refractivity contribution in [2.24, 2.45) is 0 Å². The predicted molar refractivity (Wildman–Crippen MR) is 78.6 cm³/mol. The van der Waals surface area contributed by atoms with Gasteiger partial charge in [0.1, 0.15) is 11.6 Å². The highest BCUT2D eigenvalue weighted by molar-refractivity contribution is 5.78. The summed E-state index contributed by atoms with van der Waals surface area (Å²) in [4.78, 5) is 19.9. The van der Waals surface area contributed by atoms with Gasteiger partial charge in [0.25, 0.3) is 0 Å². The first-order valence-electron chi connectivity index (χ1n) is 6.39. The van der Waals surface area contributed by atoms with Crippen molar-refractivity contribution in [2.45, 2.75) is 19.4 Å². The molecule has 0 aliphatic carbocycles. The molecule has 0 atom stereocenters. The highest BCUT2D eigenvalue weighted by Gasteiger charge is 2.30. The molecule has 2 N–H and O–H groups in total. The quantitative estimate of drug-likeness (QED) is 0.866. The number of ether oxygens (including phenoxy) is 2. The van der Waals surface area contributed by atoms with Crippen LogP contribution in [0, 0.1) is 0 Å². The standard InChI is InChI=1S/C15H17N3O3/c1-15(2,14(19)20-3)21-11-6-4-10(5-7-11)13-17-9-8-12(16)18-13/h4-9H,1-3H3,(H2,16,17,18). The van der Waals surface area contributed by atoms with Crippen molar-refractivity contribution in [1.82, 2.24) is 9.97 Å². The summed E-state index contributed by atoms with van der Waals surface area (Å²) >= 11 is 0. The van der Waals surface area contributed by atoms with Crippen LogP contribution >= 0.6 is 0 Å².